The van der Waals surface area contributed by atoms with Crippen molar-refractivity contribution in [3.63, 3.8) is 0 Å². The number of ketones is 2. The zero-order valence-electron chi connectivity index (χ0n) is 23.2. The van der Waals surface area contributed by atoms with Crippen LogP contribution < -0.4 is 10.1 Å². The highest BCUT2D eigenvalue weighted by Gasteiger charge is 2.70. The molecule has 0 bridgehead atoms. The fourth-order valence-corrected chi connectivity index (χ4v) is 7.06. The van der Waals surface area contributed by atoms with Crippen molar-refractivity contribution in [1.82, 2.24) is 4.90 Å². The third-order valence-corrected chi connectivity index (χ3v) is 8.79. The summed E-state index contributed by atoms with van der Waals surface area (Å²) in [4.78, 5) is 45.8. The first kappa shape index (κ1) is 26.0. The van der Waals surface area contributed by atoms with Crippen molar-refractivity contribution >= 4 is 29.2 Å². The van der Waals surface area contributed by atoms with Crippen LogP contribution in [0, 0.1) is 5.92 Å². The molecule has 7 rings (SSSR count). The number of hydrogen-bond donors (Lipinski definition) is 1. The molecule has 4 atom stereocenters. The highest BCUT2D eigenvalue weighted by atomic mass is 16.5. The Hall–Kier alpha value is -4.97. The van der Waals surface area contributed by atoms with Crippen LogP contribution in [0.3, 0.4) is 0 Å². The van der Waals surface area contributed by atoms with E-state index in [-0.39, 0.29) is 17.5 Å². The topological polar surface area (TPSA) is 75.7 Å². The summed E-state index contributed by atoms with van der Waals surface area (Å²) in [5, 5.41) is 3.09. The normalized spacial score (nSPS) is 23.2. The minimum Gasteiger partial charge on any atom is -0.494 e. The van der Waals surface area contributed by atoms with Gasteiger partial charge in [0.1, 0.15) is 17.2 Å². The van der Waals surface area contributed by atoms with E-state index in [0.29, 0.717) is 29.2 Å². The van der Waals surface area contributed by atoms with Crippen LogP contribution in [0.5, 0.6) is 5.75 Å². The lowest BCUT2D eigenvalue weighted by atomic mass is 9.62. The van der Waals surface area contributed by atoms with E-state index in [2.05, 4.69) is 5.32 Å². The van der Waals surface area contributed by atoms with Gasteiger partial charge in [0.2, 0.25) is 5.91 Å². The molecule has 6 heteroatoms. The largest absolute Gasteiger partial charge is 0.494 e. The number of nitrogens with one attached hydrogen (secondary N) is 1. The molecule has 42 heavy (non-hydrogen) atoms. The van der Waals surface area contributed by atoms with Crippen molar-refractivity contribution in [2.45, 2.75) is 30.8 Å². The Bertz CT molecular complexity index is 1730. The fraction of sp³-hybridized carbons (Fsp3) is 0.194. The molecule has 0 saturated carbocycles. The van der Waals surface area contributed by atoms with Crippen LogP contribution in [0.4, 0.5) is 5.69 Å². The van der Waals surface area contributed by atoms with Gasteiger partial charge in [-0.05, 0) is 59.5 Å². The predicted molar refractivity (Wildman–Crippen MR) is 161 cm³/mol. The van der Waals surface area contributed by atoms with E-state index in [1.165, 1.54) is 0 Å². The number of Topliss-reactive ketones (excluding diaryl/α,β-unsaturated/α-hetero) is 2. The molecule has 0 radical (unpaired) electrons. The Kier molecular flexibility index (Phi) is 6.27. The van der Waals surface area contributed by atoms with Crippen LogP contribution in [0.1, 0.15) is 56.8 Å². The van der Waals surface area contributed by atoms with Gasteiger partial charge in [-0.25, -0.2) is 0 Å². The number of amides is 1. The van der Waals surface area contributed by atoms with Crippen molar-refractivity contribution < 1.29 is 19.1 Å². The van der Waals surface area contributed by atoms with Gasteiger partial charge in [-0.15, -0.1) is 0 Å². The molecule has 0 aliphatic carbocycles. The minimum absolute atomic E-state index is 0.195. The number of anilines is 1. The number of nitrogens with zero attached hydrogens (tertiary/aromatic N) is 1. The Morgan fingerprint density at radius 3 is 2.31 bits per heavy atom. The summed E-state index contributed by atoms with van der Waals surface area (Å²) in [6, 6.07) is 30.1. The first-order valence-corrected chi connectivity index (χ1v) is 14.4. The molecule has 6 nitrogen and oxygen atoms in total. The molecule has 1 spiro atoms. The average molecular weight is 555 g/mol. The monoisotopic (exact) mass is 554 g/mol. The second kappa shape index (κ2) is 10.1. The van der Waals surface area contributed by atoms with Gasteiger partial charge in [-0.1, -0.05) is 79.7 Å². The van der Waals surface area contributed by atoms with Crippen LogP contribution in [-0.4, -0.2) is 35.0 Å². The summed E-state index contributed by atoms with van der Waals surface area (Å²) in [7, 11) is 0. The molecule has 4 aromatic rings. The number of carbonyl (C=O) groups excluding carboxylic acids is 3. The molecule has 1 saturated heterocycles. The number of fused-ring (bicyclic) bond motifs is 6. The Morgan fingerprint density at radius 1 is 0.833 bits per heavy atom. The van der Waals surface area contributed by atoms with E-state index >= 15 is 0 Å². The van der Waals surface area contributed by atoms with Gasteiger partial charge >= 0.3 is 0 Å². The highest BCUT2D eigenvalue weighted by molar-refractivity contribution is 6.16. The Labute approximate surface area is 244 Å². The highest BCUT2D eigenvalue weighted by Crippen LogP contribution is 2.62. The predicted octanol–water partition coefficient (Wildman–Crippen LogP) is 6.46. The van der Waals surface area contributed by atoms with Crippen LogP contribution in [0.25, 0.3) is 6.08 Å². The van der Waals surface area contributed by atoms with Gasteiger partial charge in [0.25, 0.3) is 0 Å². The molecule has 208 valence electrons. The van der Waals surface area contributed by atoms with E-state index in [9.17, 15) is 14.4 Å². The summed E-state index contributed by atoms with van der Waals surface area (Å²) in [5.41, 5.74) is 2.87. The summed E-state index contributed by atoms with van der Waals surface area (Å²) >= 11 is 0. The number of carbonyl (C=O) groups is 3. The maximum atomic E-state index is 14.9. The number of hydrogen-bond acceptors (Lipinski definition) is 5. The van der Waals surface area contributed by atoms with Crippen molar-refractivity contribution in [2.24, 2.45) is 5.92 Å². The van der Waals surface area contributed by atoms with Crippen molar-refractivity contribution in [3.05, 3.63) is 137 Å². The molecule has 1 amide bonds. The van der Waals surface area contributed by atoms with E-state index < -0.39 is 23.4 Å². The first-order valence-electron chi connectivity index (χ1n) is 14.4. The quantitative estimate of drug-likeness (QED) is 0.266. The van der Waals surface area contributed by atoms with Gasteiger partial charge in [0.15, 0.2) is 11.6 Å². The lowest BCUT2D eigenvalue weighted by Gasteiger charge is -2.38. The maximum absolute atomic E-state index is 14.9. The van der Waals surface area contributed by atoms with E-state index in [1.807, 2.05) is 90.8 Å². The lowest BCUT2D eigenvalue weighted by Crippen LogP contribution is -2.49. The molecule has 0 aromatic heterocycles. The fourth-order valence-electron chi connectivity index (χ4n) is 7.06. The number of ether oxygens (including phenoxy) is 1. The van der Waals surface area contributed by atoms with Gasteiger partial charge in [0, 0.05) is 23.0 Å². The Morgan fingerprint density at radius 2 is 1.52 bits per heavy atom. The van der Waals surface area contributed by atoms with Gasteiger partial charge < -0.3 is 15.0 Å². The van der Waals surface area contributed by atoms with Crippen LogP contribution in [0.15, 0.2) is 109 Å². The SMILES string of the molecule is CCCOc1ccc(C(=O)[C@@H]2[C@H](C(=O)c3ccccc3)N3C=Cc4ccccc4[C@H]3[C@]23C(=O)Nc2ccccc23)cc1. The molecule has 1 N–H and O–H groups in total. The second-order valence-electron chi connectivity index (χ2n) is 11.1. The molecule has 1 fully saturated rings. The number of rotatable bonds is 7. The molecule has 3 heterocycles. The molecular weight excluding hydrogens is 524 g/mol. The molecule has 4 aromatic carbocycles. The van der Waals surface area contributed by atoms with Crippen molar-refractivity contribution in [1.29, 1.82) is 0 Å². The zero-order chi connectivity index (χ0) is 28.8. The minimum atomic E-state index is -1.35. The number of benzene rings is 4. The van der Waals surface area contributed by atoms with Gasteiger partial charge in [0.05, 0.1) is 18.6 Å². The lowest BCUT2D eigenvalue weighted by molar-refractivity contribution is -0.122. The first-order chi connectivity index (χ1) is 20.6. The zero-order valence-corrected chi connectivity index (χ0v) is 23.2. The van der Waals surface area contributed by atoms with E-state index in [1.54, 1.807) is 36.4 Å². The molecular formula is C36H30N2O4. The average Bonchev–Trinajstić information content (AvgIpc) is 3.52. The van der Waals surface area contributed by atoms with Crippen LogP contribution in [-0.2, 0) is 10.2 Å². The Balaban J connectivity index is 1.47. The standard InChI is InChI=1S/C36H30N2O4/c1-2-22-42-26-18-16-25(17-19-26)32(39)30-31(33(40)24-11-4-3-5-12-24)38-21-20-23-10-6-7-13-27(23)34(38)36(30)28-14-8-9-15-29(28)37-35(36)41/h3-21,30-31,34H,2,22H2,1H3,(H,37,41)/t30-,31+,34-,36+/m0/s1. The van der Waals surface area contributed by atoms with Crippen LogP contribution in [0.2, 0.25) is 0 Å². The van der Waals surface area contributed by atoms with Gasteiger partial charge in [-0.3, -0.25) is 14.4 Å². The van der Waals surface area contributed by atoms with Crippen molar-refractivity contribution in [3.8, 4) is 5.75 Å². The third kappa shape index (κ3) is 3.75. The van der Waals surface area contributed by atoms with E-state index in [0.717, 1.165) is 23.1 Å². The summed E-state index contributed by atoms with van der Waals surface area (Å²) < 4.78 is 5.76. The van der Waals surface area contributed by atoms with Gasteiger partial charge in [-0.2, -0.15) is 0 Å². The summed E-state index contributed by atoms with van der Waals surface area (Å²) in [6.45, 7) is 2.61. The maximum Gasteiger partial charge on any atom is 0.238 e. The number of para-hydroxylation sites is 1. The molecule has 3 aliphatic heterocycles. The molecule has 0 unspecified atom stereocenters. The molecule has 3 aliphatic rings. The van der Waals surface area contributed by atoms with E-state index in [4.69, 9.17) is 4.74 Å². The van der Waals surface area contributed by atoms with Crippen molar-refractivity contribution in [2.75, 3.05) is 11.9 Å². The van der Waals surface area contributed by atoms with Crippen LogP contribution >= 0.6 is 0 Å². The second-order valence-corrected chi connectivity index (χ2v) is 11.1. The smallest absolute Gasteiger partial charge is 0.238 e. The third-order valence-electron chi connectivity index (χ3n) is 8.79. The summed E-state index contributed by atoms with van der Waals surface area (Å²) in [6.07, 6.45) is 4.73. The summed E-state index contributed by atoms with van der Waals surface area (Å²) in [5.74, 6) is -1.05.